The van der Waals surface area contributed by atoms with E-state index in [-0.39, 0.29) is 24.8 Å². The molecule has 0 aliphatic rings. The van der Waals surface area contributed by atoms with Gasteiger partial charge in [-0.05, 0) is 89.3 Å². The van der Waals surface area contributed by atoms with E-state index in [2.05, 4.69) is 243 Å². The molecule has 5 heteroatoms. The topological polar surface area (TPSA) is 3.24 Å². The maximum atomic E-state index is 3.82. The number of benzene rings is 6. The highest BCUT2D eigenvalue weighted by Crippen LogP contribution is 2.17. The number of unbranched alkanes of at least 4 members (excludes halogenated alkanes) is 9. The molecule has 0 spiro atoms. The molecule has 0 bridgehead atoms. The van der Waals surface area contributed by atoms with E-state index in [1.807, 2.05) is 66.8 Å². The molecule has 0 heterocycles. The molecule has 0 N–H and O–H groups in total. The molecule has 0 radical (unpaired) electrons. The number of nitrogens with zero attached hydrogens (tertiary/aromatic N) is 3. The third kappa shape index (κ3) is 40.1. The standard InChI is InChI=1S/C23H40N.C12H18N.C11H15N.2C11H14.C8H8.2ClH/c1-5-7-8-9-10-11-12-13-14-15-20-24(3,4)21-23-18-16-22(6-2)17-19-23;1-5-11-6-8-12(9-7-11)10-13(2,3)4;1-4-10-5-7-11(8-6-10)9-12(2)3;1-4-10-5-7-11(8-6-10)9(2)3;1-3-5-11-8-6-10(4-2)7-9-11;1-2-8-6-4-3-5-7-8;;/h6,16-19H,2,5,7-15,20-21H2,1,3-4H3;5-9H,1,10H2,2-4H3;4-8H,1,9H2,2-3H3;4-9H,1H2,2-3H3;4,6-9H,2-3,5H2,1H3;2-7H,1H2;2*1H/q2*+1;;;;;;/p-2. The predicted octanol–water partition coefficient (Wildman–Crippen LogP) is 14.8. The van der Waals surface area contributed by atoms with E-state index < -0.39 is 0 Å². The summed E-state index contributed by atoms with van der Waals surface area (Å²) in [5.41, 5.74) is 14.1. The molecule has 0 aliphatic carbocycles. The lowest BCUT2D eigenvalue weighted by atomic mass is 10.0. The maximum Gasteiger partial charge on any atom is 0.104 e. The van der Waals surface area contributed by atoms with Crippen molar-refractivity contribution in [1.29, 1.82) is 0 Å². The molecular weight excluding hydrogens is 1030 g/mol. The van der Waals surface area contributed by atoms with Gasteiger partial charge in [0.25, 0.3) is 0 Å². The largest absolute Gasteiger partial charge is 1.00 e. The van der Waals surface area contributed by atoms with E-state index in [9.17, 15) is 0 Å². The van der Waals surface area contributed by atoms with Crippen LogP contribution in [0.1, 0.15) is 165 Å². The highest BCUT2D eigenvalue weighted by molar-refractivity contribution is 5.50. The van der Waals surface area contributed by atoms with Gasteiger partial charge in [0.1, 0.15) is 13.1 Å². The van der Waals surface area contributed by atoms with Gasteiger partial charge in [0.2, 0.25) is 0 Å². The average Bonchev–Trinajstić information content (AvgIpc) is 3.45. The number of rotatable bonds is 26. The summed E-state index contributed by atoms with van der Waals surface area (Å²) in [4.78, 5) is 2.16. The molecule has 0 aromatic heterocycles. The van der Waals surface area contributed by atoms with Crippen LogP contribution in [0.25, 0.3) is 36.5 Å². The SMILES string of the molecule is C=Cc1ccc(C(C)C)cc1.C=Cc1ccc(CCC)cc1.C=Cc1ccc(CN(C)C)cc1.C=Cc1ccc(C[N+](C)(C)C)cc1.C=Cc1ccc(C[N+](C)(C)CCCCCCCCCCCC)cc1.C=Cc1ccccc1.[Cl-].[Cl-]. The first-order valence-corrected chi connectivity index (χ1v) is 29.4. The van der Waals surface area contributed by atoms with E-state index in [0.29, 0.717) is 5.92 Å². The Bertz CT molecular complexity index is 2500. The van der Waals surface area contributed by atoms with Gasteiger partial charge in [-0.2, -0.15) is 0 Å². The molecule has 0 saturated heterocycles. The zero-order valence-electron chi connectivity index (χ0n) is 52.6. The molecular formula is C76H109Cl2N3. The third-order valence-corrected chi connectivity index (χ3v) is 13.2. The van der Waals surface area contributed by atoms with Crippen molar-refractivity contribution in [3.05, 3.63) is 252 Å². The number of hydrogen-bond donors (Lipinski definition) is 0. The first kappa shape index (κ1) is 77.3. The maximum absolute atomic E-state index is 3.82. The lowest BCUT2D eigenvalue weighted by Gasteiger charge is -2.30. The Morgan fingerprint density at radius 1 is 0.383 bits per heavy atom. The predicted molar refractivity (Wildman–Crippen MR) is 359 cm³/mol. The van der Waals surface area contributed by atoms with Crippen LogP contribution in [-0.4, -0.2) is 69.7 Å². The Hall–Kier alpha value is -5.78. The Morgan fingerprint density at radius 2 is 0.704 bits per heavy atom. The molecule has 6 rings (SSSR count). The zero-order valence-corrected chi connectivity index (χ0v) is 54.1. The van der Waals surface area contributed by atoms with Crippen molar-refractivity contribution in [2.45, 2.75) is 130 Å². The molecule has 6 aromatic carbocycles. The van der Waals surface area contributed by atoms with E-state index in [1.54, 1.807) is 0 Å². The number of aryl methyl sites for hydroxylation is 1. The van der Waals surface area contributed by atoms with Crippen LogP contribution in [-0.2, 0) is 26.1 Å². The summed E-state index contributed by atoms with van der Waals surface area (Å²) >= 11 is 0. The van der Waals surface area contributed by atoms with Crippen molar-refractivity contribution in [2.75, 3.05) is 55.9 Å². The van der Waals surface area contributed by atoms with Crippen molar-refractivity contribution in [3.8, 4) is 0 Å². The first-order valence-electron chi connectivity index (χ1n) is 29.4. The van der Waals surface area contributed by atoms with Crippen molar-refractivity contribution >= 4 is 36.5 Å². The second kappa shape index (κ2) is 46.8. The van der Waals surface area contributed by atoms with Crippen molar-refractivity contribution in [1.82, 2.24) is 4.90 Å². The summed E-state index contributed by atoms with van der Waals surface area (Å²) < 4.78 is 2.05. The van der Waals surface area contributed by atoms with E-state index in [4.69, 9.17) is 0 Å². The Kier molecular flexibility index (Phi) is 44.6. The fraction of sp³-hybridized carbons (Fsp3) is 0.368. The lowest BCUT2D eigenvalue weighted by molar-refractivity contribution is -0.903. The monoisotopic (exact) mass is 1130 g/mol. The van der Waals surface area contributed by atoms with Gasteiger partial charge in [0.05, 0.1) is 41.8 Å². The van der Waals surface area contributed by atoms with Gasteiger partial charge in [0, 0.05) is 17.7 Å². The van der Waals surface area contributed by atoms with Crippen LogP contribution in [0.3, 0.4) is 0 Å². The first-order chi connectivity index (χ1) is 37.8. The molecule has 0 unspecified atom stereocenters. The molecule has 6 aromatic rings. The highest BCUT2D eigenvalue weighted by Gasteiger charge is 2.15. The zero-order chi connectivity index (χ0) is 58.7. The summed E-state index contributed by atoms with van der Waals surface area (Å²) in [5, 5.41) is 0. The highest BCUT2D eigenvalue weighted by atomic mass is 35.5. The molecule has 3 nitrogen and oxygen atoms in total. The average molecular weight is 1140 g/mol. The van der Waals surface area contributed by atoms with Crippen LogP contribution in [0.5, 0.6) is 0 Å². The van der Waals surface area contributed by atoms with Crippen LogP contribution in [0.4, 0.5) is 0 Å². The summed E-state index contributed by atoms with van der Waals surface area (Å²) in [6.45, 7) is 35.6. The van der Waals surface area contributed by atoms with Crippen molar-refractivity contribution < 1.29 is 33.8 Å². The van der Waals surface area contributed by atoms with Crippen molar-refractivity contribution in [3.63, 3.8) is 0 Å². The van der Waals surface area contributed by atoms with Crippen LogP contribution < -0.4 is 24.8 Å². The van der Waals surface area contributed by atoms with E-state index in [1.165, 1.54) is 145 Å². The third-order valence-electron chi connectivity index (χ3n) is 13.2. The van der Waals surface area contributed by atoms with Gasteiger partial charge in [-0.1, -0.05) is 313 Å². The van der Waals surface area contributed by atoms with Gasteiger partial charge < -0.3 is 38.7 Å². The van der Waals surface area contributed by atoms with Gasteiger partial charge >= 0.3 is 0 Å². The van der Waals surface area contributed by atoms with Gasteiger partial charge in [-0.3, -0.25) is 0 Å². The molecule has 81 heavy (non-hydrogen) atoms. The minimum absolute atomic E-state index is 0. The van der Waals surface area contributed by atoms with Gasteiger partial charge in [-0.25, -0.2) is 0 Å². The molecule has 0 atom stereocenters. The van der Waals surface area contributed by atoms with Crippen molar-refractivity contribution in [2.24, 2.45) is 0 Å². The van der Waals surface area contributed by atoms with Gasteiger partial charge in [0.15, 0.2) is 0 Å². The fourth-order valence-corrected chi connectivity index (χ4v) is 8.51. The molecule has 442 valence electrons. The number of hydrogen-bond acceptors (Lipinski definition) is 1. The molecule has 0 saturated carbocycles. The quantitative estimate of drug-likeness (QED) is 0.0386. The normalized spacial score (nSPS) is 10.3. The van der Waals surface area contributed by atoms with E-state index >= 15 is 0 Å². The summed E-state index contributed by atoms with van der Waals surface area (Å²) in [7, 11) is 15.4. The fourth-order valence-electron chi connectivity index (χ4n) is 8.51. The molecule has 0 aliphatic heterocycles. The second-order valence-corrected chi connectivity index (χ2v) is 22.9. The minimum atomic E-state index is 0. The van der Waals surface area contributed by atoms with Crippen LogP contribution >= 0.6 is 0 Å². The second-order valence-electron chi connectivity index (χ2n) is 22.9. The van der Waals surface area contributed by atoms with Gasteiger partial charge in [-0.15, -0.1) is 0 Å². The number of quaternary nitrogens is 2. The van der Waals surface area contributed by atoms with Crippen LogP contribution in [0.15, 0.2) is 191 Å². The summed E-state index contributed by atoms with van der Waals surface area (Å²) in [5.74, 6) is 0.619. The number of halogens is 2. The molecule has 0 amide bonds. The molecule has 0 fully saturated rings. The van der Waals surface area contributed by atoms with Crippen LogP contribution in [0.2, 0.25) is 0 Å². The Labute approximate surface area is 510 Å². The van der Waals surface area contributed by atoms with E-state index in [0.717, 1.165) is 28.6 Å². The Morgan fingerprint density at radius 3 is 1.02 bits per heavy atom. The minimum Gasteiger partial charge on any atom is -1.00 e. The summed E-state index contributed by atoms with van der Waals surface area (Å²) in [6, 6.07) is 52.9. The smallest absolute Gasteiger partial charge is 0.104 e. The lowest BCUT2D eigenvalue weighted by Crippen LogP contribution is -3.00. The Balaban J connectivity index is 0. The van der Waals surface area contributed by atoms with Crippen LogP contribution in [0, 0.1) is 0 Å². The summed E-state index contributed by atoms with van der Waals surface area (Å²) in [6.07, 6.45) is 27.8.